The van der Waals surface area contributed by atoms with Gasteiger partial charge in [-0.2, -0.15) is 4.39 Å². The van der Waals surface area contributed by atoms with Crippen LogP contribution in [0.15, 0.2) is 39.3 Å². The molecule has 0 bridgehead atoms. The minimum absolute atomic E-state index is 0.123. The van der Waals surface area contributed by atoms with Crippen molar-refractivity contribution in [1.82, 2.24) is 0 Å². The summed E-state index contributed by atoms with van der Waals surface area (Å²) >= 11 is 6.67. The van der Waals surface area contributed by atoms with Crippen LogP contribution in [-0.2, 0) is 6.54 Å². The van der Waals surface area contributed by atoms with Crippen molar-refractivity contribution >= 4 is 43.2 Å². The molecule has 0 aromatic heterocycles. The molecule has 8 heteroatoms. The second-order valence-electron chi connectivity index (χ2n) is 4.14. The fourth-order valence-electron chi connectivity index (χ4n) is 1.66. The average molecular weight is 422 g/mol. The highest BCUT2D eigenvalue weighted by Crippen LogP contribution is 2.27. The molecule has 2 rings (SSSR count). The molecule has 0 radical (unpaired) electrons. The maximum absolute atomic E-state index is 13.6. The minimum atomic E-state index is -1.20. The van der Waals surface area contributed by atoms with E-state index in [-0.39, 0.29) is 12.2 Å². The van der Waals surface area contributed by atoms with Gasteiger partial charge in [0.15, 0.2) is 0 Å². The van der Waals surface area contributed by atoms with E-state index < -0.39 is 22.2 Å². The van der Waals surface area contributed by atoms with Crippen LogP contribution >= 0.6 is 31.9 Å². The number of hydrogen-bond acceptors (Lipinski definition) is 3. The number of rotatable bonds is 4. The van der Waals surface area contributed by atoms with Crippen LogP contribution in [0, 0.1) is 21.7 Å². The fraction of sp³-hybridized carbons (Fsp3) is 0.0769. The van der Waals surface area contributed by atoms with Gasteiger partial charge in [0, 0.05) is 27.6 Å². The lowest BCUT2D eigenvalue weighted by Crippen LogP contribution is -2.04. The van der Waals surface area contributed by atoms with E-state index in [0.717, 1.165) is 20.6 Å². The van der Waals surface area contributed by atoms with E-state index in [0.29, 0.717) is 6.07 Å². The largest absolute Gasteiger partial charge is 0.378 e. The summed E-state index contributed by atoms with van der Waals surface area (Å²) in [5, 5.41) is 13.4. The van der Waals surface area contributed by atoms with E-state index in [2.05, 4.69) is 37.2 Å². The smallest absolute Gasteiger partial charge is 0.307 e. The third kappa shape index (κ3) is 3.76. The first-order valence-corrected chi connectivity index (χ1v) is 7.28. The second kappa shape index (κ2) is 6.48. The molecule has 0 unspecified atom stereocenters. The molecule has 0 aliphatic rings. The van der Waals surface area contributed by atoms with Crippen LogP contribution in [0.1, 0.15) is 5.56 Å². The van der Waals surface area contributed by atoms with Crippen LogP contribution in [0.4, 0.5) is 20.2 Å². The van der Waals surface area contributed by atoms with Crippen LogP contribution in [0.2, 0.25) is 0 Å². The number of anilines is 1. The average Bonchev–Trinajstić information content (AvgIpc) is 2.41. The summed E-state index contributed by atoms with van der Waals surface area (Å²) in [7, 11) is 0. The van der Waals surface area contributed by atoms with Gasteiger partial charge < -0.3 is 5.32 Å². The van der Waals surface area contributed by atoms with Gasteiger partial charge in [-0.05, 0) is 49.6 Å². The van der Waals surface area contributed by atoms with Gasteiger partial charge in [-0.25, -0.2) is 4.39 Å². The number of hydrogen-bond donors (Lipinski definition) is 1. The van der Waals surface area contributed by atoms with Crippen molar-refractivity contribution in [2.75, 3.05) is 5.32 Å². The third-order valence-corrected chi connectivity index (χ3v) is 4.58. The number of nitrogens with one attached hydrogen (secondary N) is 1. The van der Waals surface area contributed by atoms with E-state index in [9.17, 15) is 18.9 Å². The first kappa shape index (κ1) is 15.8. The van der Waals surface area contributed by atoms with Gasteiger partial charge in [-0.3, -0.25) is 10.1 Å². The van der Waals surface area contributed by atoms with Crippen molar-refractivity contribution in [3.63, 3.8) is 0 Å². The standard InChI is InChI=1S/C13H8Br2F2N2O2/c14-8-2-1-7(3-9(8)15)6-18-12-5-13(19(20)21)11(17)4-10(12)16/h1-5,18H,6H2. The summed E-state index contributed by atoms with van der Waals surface area (Å²) in [4.78, 5) is 9.75. The lowest BCUT2D eigenvalue weighted by atomic mass is 10.2. The molecule has 0 heterocycles. The number of nitro benzene ring substituents is 1. The molecule has 0 fully saturated rings. The lowest BCUT2D eigenvalue weighted by molar-refractivity contribution is -0.387. The molecule has 0 aliphatic heterocycles. The van der Waals surface area contributed by atoms with E-state index in [1.807, 2.05) is 12.1 Å². The van der Waals surface area contributed by atoms with Crippen molar-refractivity contribution < 1.29 is 13.7 Å². The van der Waals surface area contributed by atoms with Crippen LogP contribution in [-0.4, -0.2) is 4.92 Å². The fourth-order valence-corrected chi connectivity index (χ4v) is 2.33. The SMILES string of the molecule is O=[N+]([O-])c1cc(NCc2ccc(Br)c(Br)c2)c(F)cc1F. The number of nitrogens with zero attached hydrogens (tertiary/aromatic N) is 1. The monoisotopic (exact) mass is 420 g/mol. The molecule has 21 heavy (non-hydrogen) atoms. The molecule has 0 saturated carbocycles. The van der Waals surface area contributed by atoms with Crippen LogP contribution in [0.25, 0.3) is 0 Å². The summed E-state index contributed by atoms with van der Waals surface area (Å²) < 4.78 is 28.5. The van der Waals surface area contributed by atoms with Crippen LogP contribution < -0.4 is 5.32 Å². The molecule has 110 valence electrons. The number of nitro groups is 1. The van der Waals surface area contributed by atoms with Gasteiger partial charge in [-0.15, -0.1) is 0 Å². The Labute approximate surface area is 135 Å². The van der Waals surface area contributed by atoms with Crippen LogP contribution in [0.5, 0.6) is 0 Å². The lowest BCUT2D eigenvalue weighted by Gasteiger charge is -2.09. The molecule has 1 N–H and O–H groups in total. The van der Waals surface area contributed by atoms with Crippen molar-refractivity contribution in [3.8, 4) is 0 Å². The molecule has 4 nitrogen and oxygen atoms in total. The predicted octanol–water partition coefficient (Wildman–Crippen LogP) is 5.01. The van der Waals surface area contributed by atoms with Gasteiger partial charge in [0.05, 0.1) is 10.6 Å². The number of halogens is 4. The normalized spacial score (nSPS) is 10.5. The molecule has 0 spiro atoms. The van der Waals surface area contributed by atoms with Gasteiger partial charge in [0.25, 0.3) is 0 Å². The first-order valence-electron chi connectivity index (χ1n) is 5.69. The Bertz CT molecular complexity index is 711. The topological polar surface area (TPSA) is 55.2 Å². The van der Waals surface area contributed by atoms with E-state index in [1.54, 1.807) is 6.07 Å². The Morgan fingerprint density at radius 1 is 1.10 bits per heavy atom. The highest BCUT2D eigenvalue weighted by atomic mass is 79.9. The Morgan fingerprint density at radius 2 is 1.81 bits per heavy atom. The maximum Gasteiger partial charge on any atom is 0.307 e. The molecular formula is C13H8Br2F2N2O2. The van der Waals surface area contributed by atoms with Gasteiger partial charge >= 0.3 is 5.69 Å². The molecule has 2 aromatic rings. The zero-order chi connectivity index (χ0) is 15.6. The zero-order valence-corrected chi connectivity index (χ0v) is 13.5. The second-order valence-corrected chi connectivity index (χ2v) is 5.85. The Hall–Kier alpha value is -1.54. The van der Waals surface area contributed by atoms with Crippen molar-refractivity contribution in [1.29, 1.82) is 0 Å². The third-order valence-electron chi connectivity index (χ3n) is 2.70. The zero-order valence-electron chi connectivity index (χ0n) is 10.4. The molecule has 0 atom stereocenters. The maximum atomic E-state index is 13.6. The van der Waals surface area contributed by atoms with E-state index in [4.69, 9.17) is 0 Å². The molecular weight excluding hydrogens is 414 g/mol. The Balaban J connectivity index is 2.21. The minimum Gasteiger partial charge on any atom is -0.378 e. The molecule has 0 amide bonds. The van der Waals surface area contributed by atoms with E-state index in [1.165, 1.54) is 0 Å². The molecule has 2 aromatic carbocycles. The van der Waals surface area contributed by atoms with Crippen molar-refractivity contribution in [2.45, 2.75) is 6.54 Å². The highest BCUT2D eigenvalue weighted by molar-refractivity contribution is 9.13. The number of benzene rings is 2. The van der Waals surface area contributed by atoms with E-state index >= 15 is 0 Å². The summed E-state index contributed by atoms with van der Waals surface area (Å²) in [5.41, 5.74) is -0.0607. The van der Waals surface area contributed by atoms with Crippen LogP contribution in [0.3, 0.4) is 0 Å². The first-order chi connectivity index (χ1) is 9.88. The van der Waals surface area contributed by atoms with Gasteiger partial charge in [0.2, 0.25) is 5.82 Å². The summed E-state index contributed by atoms with van der Waals surface area (Å²) in [6.07, 6.45) is 0. The Morgan fingerprint density at radius 3 is 2.43 bits per heavy atom. The highest BCUT2D eigenvalue weighted by Gasteiger charge is 2.18. The Kier molecular flexibility index (Phi) is 4.89. The molecule has 0 aliphatic carbocycles. The molecule has 0 saturated heterocycles. The summed E-state index contributed by atoms with van der Waals surface area (Å²) in [5.74, 6) is -2.08. The van der Waals surface area contributed by atoms with Gasteiger partial charge in [-0.1, -0.05) is 6.07 Å². The van der Waals surface area contributed by atoms with Gasteiger partial charge in [0.1, 0.15) is 5.82 Å². The summed E-state index contributed by atoms with van der Waals surface area (Å²) in [6, 6.07) is 6.77. The predicted molar refractivity (Wildman–Crippen MR) is 82.2 cm³/mol. The summed E-state index contributed by atoms with van der Waals surface area (Å²) in [6.45, 7) is 0.242. The van der Waals surface area contributed by atoms with Crippen molar-refractivity contribution in [3.05, 3.63) is 66.6 Å². The van der Waals surface area contributed by atoms with Crippen molar-refractivity contribution in [2.24, 2.45) is 0 Å². The quantitative estimate of drug-likeness (QED) is 0.557.